The number of rotatable bonds is 2. The third-order valence-electron chi connectivity index (χ3n) is 1.63. The van der Waals surface area contributed by atoms with Gasteiger partial charge in [0.25, 0.3) is 0 Å². The second kappa shape index (κ2) is 4.20. The molecule has 0 unspecified atom stereocenters. The lowest BCUT2D eigenvalue weighted by Gasteiger charge is -2.04. The van der Waals surface area contributed by atoms with Crippen molar-refractivity contribution in [2.45, 2.75) is 6.42 Å². The van der Waals surface area contributed by atoms with Crippen LogP contribution in [0.2, 0.25) is 0 Å². The van der Waals surface area contributed by atoms with E-state index in [0.717, 1.165) is 6.07 Å². The van der Waals surface area contributed by atoms with Crippen LogP contribution in [0.25, 0.3) is 0 Å². The first-order valence-corrected chi connectivity index (χ1v) is 4.44. The molecule has 0 amide bonds. The van der Waals surface area contributed by atoms with E-state index in [0.29, 0.717) is 0 Å². The summed E-state index contributed by atoms with van der Waals surface area (Å²) in [6.07, 6.45) is -0.443. The zero-order chi connectivity index (χ0) is 10.7. The van der Waals surface area contributed by atoms with Gasteiger partial charge >= 0.3 is 5.97 Å². The average molecular weight is 258 g/mol. The lowest BCUT2D eigenvalue weighted by molar-refractivity contribution is -0.136. The first kappa shape index (κ1) is 10.7. The zero-order valence-electron chi connectivity index (χ0n) is 6.92. The molecule has 0 saturated carbocycles. The van der Waals surface area contributed by atoms with Gasteiger partial charge in [-0.2, -0.15) is 5.26 Å². The number of carboxylic acid groups (broad SMARTS) is 1. The Bertz CT molecular complexity index is 426. The largest absolute Gasteiger partial charge is 0.481 e. The van der Waals surface area contributed by atoms with E-state index in [9.17, 15) is 9.18 Å². The van der Waals surface area contributed by atoms with E-state index >= 15 is 0 Å². The summed E-state index contributed by atoms with van der Waals surface area (Å²) >= 11 is 2.99. The number of hydrogen-bond donors (Lipinski definition) is 1. The lowest BCUT2D eigenvalue weighted by Crippen LogP contribution is -2.04. The van der Waals surface area contributed by atoms with Crippen LogP contribution in [0.3, 0.4) is 0 Å². The molecule has 5 heteroatoms. The van der Waals surface area contributed by atoms with Gasteiger partial charge in [0.05, 0.1) is 12.0 Å². The van der Waals surface area contributed by atoms with Crippen molar-refractivity contribution in [3.8, 4) is 6.07 Å². The molecule has 72 valence electrons. The quantitative estimate of drug-likeness (QED) is 0.883. The molecule has 0 radical (unpaired) electrons. The molecule has 3 nitrogen and oxygen atoms in total. The number of nitriles is 1. The highest BCUT2D eigenvalue weighted by Gasteiger charge is 2.13. The maximum absolute atomic E-state index is 13.1. The van der Waals surface area contributed by atoms with Gasteiger partial charge in [-0.3, -0.25) is 4.79 Å². The highest BCUT2D eigenvalue weighted by atomic mass is 79.9. The maximum Gasteiger partial charge on any atom is 0.307 e. The number of carboxylic acids is 1. The summed E-state index contributed by atoms with van der Waals surface area (Å²) in [6, 6.07) is 4.21. The molecule has 0 spiro atoms. The topological polar surface area (TPSA) is 61.1 Å². The molecule has 0 aliphatic rings. The molecule has 14 heavy (non-hydrogen) atoms. The van der Waals surface area contributed by atoms with Crippen LogP contribution in [0.4, 0.5) is 4.39 Å². The van der Waals surface area contributed by atoms with Crippen LogP contribution in [-0.4, -0.2) is 11.1 Å². The maximum atomic E-state index is 13.1. The van der Waals surface area contributed by atoms with Gasteiger partial charge in [0.15, 0.2) is 0 Å². The van der Waals surface area contributed by atoms with Crippen LogP contribution < -0.4 is 0 Å². The fraction of sp³-hybridized carbons (Fsp3) is 0.111. The van der Waals surface area contributed by atoms with E-state index in [1.165, 1.54) is 6.07 Å². The van der Waals surface area contributed by atoms with Crippen molar-refractivity contribution >= 4 is 21.9 Å². The van der Waals surface area contributed by atoms with Crippen LogP contribution in [0.15, 0.2) is 16.6 Å². The molecule has 0 aliphatic heterocycles. The molecule has 1 aromatic rings. The second-order valence-electron chi connectivity index (χ2n) is 2.57. The Morgan fingerprint density at radius 1 is 1.64 bits per heavy atom. The van der Waals surface area contributed by atoms with E-state index in [1.807, 2.05) is 6.07 Å². The molecular formula is C9H5BrFNO2. The summed E-state index contributed by atoms with van der Waals surface area (Å²) in [4.78, 5) is 10.4. The molecule has 0 atom stereocenters. The Hall–Kier alpha value is -1.41. The van der Waals surface area contributed by atoms with E-state index in [-0.39, 0.29) is 15.6 Å². The van der Waals surface area contributed by atoms with E-state index in [1.54, 1.807) is 0 Å². The van der Waals surface area contributed by atoms with Crippen LogP contribution in [-0.2, 0) is 11.2 Å². The molecule has 1 N–H and O–H groups in total. The molecule has 0 aromatic heterocycles. The minimum absolute atomic E-state index is 0.00319. The van der Waals surface area contributed by atoms with Gasteiger partial charge in [-0.15, -0.1) is 0 Å². The normalized spacial score (nSPS) is 9.50. The molecule has 0 fully saturated rings. The number of benzene rings is 1. The van der Waals surface area contributed by atoms with Crippen LogP contribution >= 0.6 is 15.9 Å². The summed E-state index contributed by atoms with van der Waals surface area (Å²) in [7, 11) is 0. The van der Waals surface area contributed by atoms with E-state index in [4.69, 9.17) is 10.4 Å². The van der Waals surface area contributed by atoms with Crippen LogP contribution in [0, 0.1) is 17.1 Å². The Morgan fingerprint density at radius 2 is 2.29 bits per heavy atom. The number of nitrogens with zero attached hydrogens (tertiary/aromatic N) is 1. The Labute approximate surface area is 87.9 Å². The van der Waals surface area contributed by atoms with Crippen molar-refractivity contribution in [1.82, 2.24) is 0 Å². The van der Waals surface area contributed by atoms with Crippen molar-refractivity contribution in [3.05, 3.63) is 33.5 Å². The van der Waals surface area contributed by atoms with Gasteiger partial charge in [0, 0.05) is 10.0 Å². The summed E-state index contributed by atoms with van der Waals surface area (Å²) < 4.78 is 13.3. The standard InChI is InChI=1S/C9H5BrFNO2/c10-9-5(4-12)1-2-7(11)6(9)3-8(13)14/h1-2H,3H2,(H,13,14). The van der Waals surface area contributed by atoms with Gasteiger partial charge in [-0.05, 0) is 28.1 Å². The van der Waals surface area contributed by atoms with E-state index < -0.39 is 18.2 Å². The summed E-state index contributed by atoms with van der Waals surface area (Å²) in [6.45, 7) is 0. The second-order valence-corrected chi connectivity index (χ2v) is 3.36. The Kier molecular flexibility index (Phi) is 3.20. The van der Waals surface area contributed by atoms with Crippen molar-refractivity contribution in [2.24, 2.45) is 0 Å². The minimum atomic E-state index is -1.14. The van der Waals surface area contributed by atoms with Crippen LogP contribution in [0.5, 0.6) is 0 Å². The highest BCUT2D eigenvalue weighted by molar-refractivity contribution is 9.10. The average Bonchev–Trinajstić information content (AvgIpc) is 2.12. The third-order valence-corrected chi connectivity index (χ3v) is 2.54. The molecule has 1 aromatic carbocycles. The summed E-state index contributed by atoms with van der Waals surface area (Å²) in [5.74, 6) is -1.77. The minimum Gasteiger partial charge on any atom is -0.481 e. The fourth-order valence-electron chi connectivity index (χ4n) is 0.997. The van der Waals surface area contributed by atoms with Crippen molar-refractivity contribution in [2.75, 3.05) is 0 Å². The fourth-order valence-corrected chi connectivity index (χ4v) is 1.55. The molecule has 0 bridgehead atoms. The zero-order valence-corrected chi connectivity index (χ0v) is 8.51. The Morgan fingerprint density at radius 3 is 2.79 bits per heavy atom. The van der Waals surface area contributed by atoms with Gasteiger partial charge in [-0.1, -0.05) is 0 Å². The molecule has 0 aliphatic carbocycles. The Balaban J connectivity index is 3.27. The van der Waals surface area contributed by atoms with Gasteiger partial charge in [0.1, 0.15) is 11.9 Å². The number of halogens is 2. The lowest BCUT2D eigenvalue weighted by atomic mass is 10.1. The monoisotopic (exact) mass is 257 g/mol. The first-order valence-electron chi connectivity index (χ1n) is 3.65. The molecule has 1 rings (SSSR count). The third kappa shape index (κ3) is 2.09. The SMILES string of the molecule is N#Cc1ccc(F)c(CC(=O)O)c1Br. The van der Waals surface area contributed by atoms with Crippen molar-refractivity contribution in [1.29, 1.82) is 5.26 Å². The van der Waals surface area contributed by atoms with Gasteiger partial charge in [0.2, 0.25) is 0 Å². The molecule has 0 saturated heterocycles. The molecule has 0 heterocycles. The van der Waals surface area contributed by atoms with Gasteiger partial charge < -0.3 is 5.11 Å². The molecular weight excluding hydrogens is 253 g/mol. The van der Waals surface area contributed by atoms with Crippen LogP contribution in [0.1, 0.15) is 11.1 Å². The number of carbonyl (C=O) groups is 1. The first-order chi connectivity index (χ1) is 6.56. The smallest absolute Gasteiger partial charge is 0.307 e. The van der Waals surface area contributed by atoms with Crippen molar-refractivity contribution < 1.29 is 14.3 Å². The summed E-state index contributed by atoms with van der Waals surface area (Å²) in [5.41, 5.74) is 0.221. The highest BCUT2D eigenvalue weighted by Crippen LogP contribution is 2.24. The predicted molar refractivity (Wildman–Crippen MR) is 50.2 cm³/mol. The van der Waals surface area contributed by atoms with E-state index in [2.05, 4.69) is 15.9 Å². The number of hydrogen-bond acceptors (Lipinski definition) is 2. The number of aliphatic carboxylic acids is 1. The van der Waals surface area contributed by atoms with Crippen molar-refractivity contribution in [3.63, 3.8) is 0 Å². The predicted octanol–water partition coefficient (Wildman–Crippen LogP) is 2.09. The summed E-state index contributed by atoms with van der Waals surface area (Å²) in [5, 5.41) is 17.1. The van der Waals surface area contributed by atoms with Gasteiger partial charge in [-0.25, -0.2) is 4.39 Å².